The van der Waals surface area contributed by atoms with Gasteiger partial charge in [-0.15, -0.1) is 0 Å². The van der Waals surface area contributed by atoms with E-state index < -0.39 is 46.8 Å². The van der Waals surface area contributed by atoms with Gasteiger partial charge in [0.05, 0.1) is 23.9 Å². The summed E-state index contributed by atoms with van der Waals surface area (Å²) in [7, 11) is 0. The third-order valence-corrected chi connectivity index (χ3v) is 4.61. The first-order valence-corrected chi connectivity index (χ1v) is 10.3. The number of hydrogen-bond acceptors (Lipinski definition) is 5. The zero-order valence-corrected chi connectivity index (χ0v) is 19.5. The number of nitrogens with one attached hydrogen (secondary N) is 2. The Labute approximate surface area is 211 Å². The van der Waals surface area contributed by atoms with Crippen molar-refractivity contribution >= 4 is 23.2 Å². The molecule has 200 valence electrons. The van der Waals surface area contributed by atoms with Gasteiger partial charge < -0.3 is 20.3 Å². The molecule has 2 amide bonds. The first kappa shape index (κ1) is 29.4. The highest BCUT2D eigenvalue weighted by atomic mass is 19.4. The number of allylic oxidation sites excluding steroid dienone is 1. The number of halogens is 6. The lowest BCUT2D eigenvalue weighted by atomic mass is 10.2. The van der Waals surface area contributed by atoms with Gasteiger partial charge in [-0.1, -0.05) is 5.16 Å². The van der Waals surface area contributed by atoms with Crippen molar-refractivity contribution in [2.75, 3.05) is 10.6 Å². The Morgan fingerprint density at radius 3 is 1.68 bits per heavy atom. The molecule has 0 bridgehead atoms. The topological polar surface area (TPSA) is 109 Å². The van der Waals surface area contributed by atoms with Crippen molar-refractivity contribution in [1.82, 2.24) is 5.16 Å². The van der Waals surface area contributed by atoms with E-state index >= 15 is 0 Å². The fourth-order valence-corrected chi connectivity index (χ4v) is 2.69. The molecule has 1 heterocycles. The quantitative estimate of drug-likeness (QED) is 0.149. The van der Waals surface area contributed by atoms with E-state index in [9.17, 15) is 35.9 Å². The number of benzene rings is 2. The van der Waals surface area contributed by atoms with E-state index in [1.807, 2.05) is 0 Å². The Morgan fingerprint density at radius 1 is 0.895 bits per heavy atom. The molecule has 3 aromatic rings. The first-order chi connectivity index (χ1) is 17.6. The number of nitrogens with zero attached hydrogens (tertiary/aromatic N) is 2. The molecule has 2 aromatic carbocycles. The van der Waals surface area contributed by atoms with Crippen LogP contribution < -0.4 is 10.6 Å². The van der Waals surface area contributed by atoms with Gasteiger partial charge in [-0.2, -0.15) is 26.3 Å². The standard InChI is InChI=1S/2C12H9F3N2O2/c1-7-10(6-16-19-7)11(18)17-9-4-2-8(3-5-9)12(13,14)15;1-7(18)10(16-2)11(19)17-9-5-3-8(4-6-9)12(13,14)15/h2-6H,1H3,(H,17,18);3-6,18H,1H3,(H,17,19)/b;10-7-. The lowest BCUT2D eigenvalue weighted by Crippen LogP contribution is -2.14. The normalized spacial score (nSPS) is 11.9. The minimum Gasteiger partial charge on any atom is -0.523 e. The minimum absolute atomic E-state index is 0.0976. The number of amides is 2. The largest absolute Gasteiger partial charge is 0.523 e. The number of aliphatic hydroxyl groups excluding tert-OH is 1. The van der Waals surface area contributed by atoms with Crippen LogP contribution in [0.3, 0.4) is 0 Å². The molecule has 0 aliphatic heterocycles. The van der Waals surface area contributed by atoms with Gasteiger partial charge in [-0.25, -0.2) is 4.85 Å². The maximum atomic E-state index is 12.4. The lowest BCUT2D eigenvalue weighted by molar-refractivity contribution is -0.138. The van der Waals surface area contributed by atoms with Crippen LogP contribution >= 0.6 is 0 Å². The summed E-state index contributed by atoms with van der Waals surface area (Å²) >= 11 is 0. The number of anilines is 2. The average Bonchev–Trinajstić information content (AvgIpc) is 3.25. The number of carbonyl (C=O) groups excluding carboxylic acids is 2. The van der Waals surface area contributed by atoms with E-state index in [1.54, 1.807) is 6.92 Å². The van der Waals surface area contributed by atoms with Gasteiger partial charge >= 0.3 is 12.4 Å². The van der Waals surface area contributed by atoms with Crippen LogP contribution in [0.4, 0.5) is 37.7 Å². The second kappa shape index (κ2) is 12.0. The van der Waals surface area contributed by atoms with E-state index in [1.165, 1.54) is 25.3 Å². The summed E-state index contributed by atoms with van der Waals surface area (Å²) in [6.45, 7) is 9.43. The molecular formula is C24H18F6N4O4. The summed E-state index contributed by atoms with van der Waals surface area (Å²) in [5.41, 5.74) is -1.53. The van der Waals surface area contributed by atoms with Crippen molar-refractivity contribution in [1.29, 1.82) is 0 Å². The molecular weight excluding hydrogens is 522 g/mol. The summed E-state index contributed by atoms with van der Waals surface area (Å²) in [6.07, 6.45) is -7.60. The number of hydrogen-bond donors (Lipinski definition) is 3. The highest BCUT2D eigenvalue weighted by molar-refractivity contribution is 6.05. The van der Waals surface area contributed by atoms with Crippen LogP contribution in [0.1, 0.15) is 34.2 Å². The molecule has 0 saturated carbocycles. The van der Waals surface area contributed by atoms with Crippen LogP contribution in [0.15, 0.2) is 70.7 Å². The van der Waals surface area contributed by atoms with Gasteiger partial charge in [0.1, 0.15) is 17.1 Å². The van der Waals surface area contributed by atoms with Crippen LogP contribution in [-0.4, -0.2) is 22.1 Å². The van der Waals surface area contributed by atoms with Gasteiger partial charge in [0.2, 0.25) is 0 Å². The van der Waals surface area contributed by atoms with Gasteiger partial charge in [-0.05, 0) is 62.4 Å². The molecule has 0 fully saturated rings. The highest BCUT2D eigenvalue weighted by Gasteiger charge is 2.30. The zero-order valence-electron chi connectivity index (χ0n) is 19.5. The Kier molecular flexibility index (Phi) is 9.26. The predicted octanol–water partition coefficient (Wildman–Crippen LogP) is 6.61. The molecule has 14 heteroatoms. The molecule has 0 spiro atoms. The molecule has 38 heavy (non-hydrogen) atoms. The summed E-state index contributed by atoms with van der Waals surface area (Å²) in [5.74, 6) is -1.49. The van der Waals surface area contributed by atoms with Gasteiger partial charge in [0, 0.05) is 11.4 Å². The molecule has 3 N–H and O–H groups in total. The Bertz CT molecular complexity index is 1350. The maximum absolute atomic E-state index is 12.4. The lowest BCUT2D eigenvalue weighted by Gasteiger charge is -2.08. The number of carbonyl (C=O) groups is 2. The number of aromatic nitrogens is 1. The van der Waals surface area contributed by atoms with E-state index in [-0.39, 0.29) is 16.9 Å². The fraction of sp³-hybridized carbons (Fsp3) is 0.167. The Hall–Kier alpha value is -4.80. The molecule has 3 rings (SSSR count). The molecule has 1 aromatic heterocycles. The summed E-state index contributed by atoms with van der Waals surface area (Å²) < 4.78 is 78.7. The molecule has 0 unspecified atom stereocenters. The Balaban J connectivity index is 0.000000267. The molecule has 0 saturated heterocycles. The van der Waals surface area contributed by atoms with Crippen molar-refractivity contribution in [3.8, 4) is 0 Å². The van der Waals surface area contributed by atoms with Gasteiger partial charge in [-0.3, -0.25) is 9.59 Å². The van der Waals surface area contributed by atoms with Crippen molar-refractivity contribution < 1.29 is 45.6 Å². The zero-order chi connectivity index (χ0) is 28.7. The van der Waals surface area contributed by atoms with Crippen LogP contribution in [0.5, 0.6) is 0 Å². The second-order valence-corrected chi connectivity index (χ2v) is 7.40. The van der Waals surface area contributed by atoms with Crippen molar-refractivity contribution in [2.24, 2.45) is 0 Å². The monoisotopic (exact) mass is 540 g/mol. The molecule has 0 radical (unpaired) electrons. The van der Waals surface area contributed by atoms with Crippen molar-refractivity contribution in [3.05, 3.63) is 100 Å². The number of alkyl halides is 6. The number of rotatable bonds is 4. The molecule has 0 aliphatic rings. The maximum Gasteiger partial charge on any atom is 0.416 e. The van der Waals surface area contributed by atoms with Crippen LogP contribution in [0.2, 0.25) is 0 Å². The van der Waals surface area contributed by atoms with Crippen LogP contribution in [0, 0.1) is 13.5 Å². The van der Waals surface area contributed by atoms with E-state index in [0.717, 1.165) is 36.4 Å². The average molecular weight is 540 g/mol. The van der Waals surface area contributed by atoms with Crippen molar-refractivity contribution in [2.45, 2.75) is 26.2 Å². The van der Waals surface area contributed by atoms with Crippen LogP contribution in [0.25, 0.3) is 4.85 Å². The van der Waals surface area contributed by atoms with E-state index in [2.05, 4.69) is 20.6 Å². The van der Waals surface area contributed by atoms with Crippen LogP contribution in [-0.2, 0) is 17.1 Å². The molecule has 0 aliphatic carbocycles. The molecule has 0 atom stereocenters. The number of aryl methyl sites for hydroxylation is 1. The SMILES string of the molecule is Cc1oncc1C(=O)Nc1ccc(C(F)(F)F)cc1.[C-]#[N+]/C(C(=O)Nc1ccc(C(F)(F)F)cc1)=C(/C)O. The third-order valence-electron chi connectivity index (χ3n) is 4.61. The predicted molar refractivity (Wildman–Crippen MR) is 123 cm³/mol. The van der Waals surface area contributed by atoms with Crippen molar-refractivity contribution in [3.63, 3.8) is 0 Å². The second-order valence-electron chi connectivity index (χ2n) is 7.40. The van der Waals surface area contributed by atoms with E-state index in [0.29, 0.717) is 5.76 Å². The van der Waals surface area contributed by atoms with Gasteiger partial charge in [0.25, 0.3) is 17.5 Å². The summed E-state index contributed by atoms with van der Waals surface area (Å²) in [4.78, 5) is 26.1. The fourth-order valence-electron chi connectivity index (χ4n) is 2.69. The summed E-state index contributed by atoms with van der Waals surface area (Å²) in [6, 6.07) is 7.91. The molecule has 8 nitrogen and oxygen atoms in total. The summed E-state index contributed by atoms with van der Waals surface area (Å²) in [5, 5.41) is 17.2. The van der Waals surface area contributed by atoms with Gasteiger partial charge in [0.15, 0.2) is 0 Å². The minimum atomic E-state index is -4.45. The highest BCUT2D eigenvalue weighted by Crippen LogP contribution is 2.31. The Morgan fingerprint density at radius 2 is 1.34 bits per heavy atom. The van der Waals surface area contributed by atoms with E-state index in [4.69, 9.17) is 16.2 Å². The smallest absolute Gasteiger partial charge is 0.416 e. The third kappa shape index (κ3) is 8.12. The number of aliphatic hydroxyl groups is 1. The first-order valence-electron chi connectivity index (χ1n) is 10.3.